The van der Waals surface area contributed by atoms with Gasteiger partial charge in [0.25, 0.3) is 0 Å². The van der Waals surface area contributed by atoms with Gasteiger partial charge in [0.2, 0.25) is 0 Å². The third-order valence-corrected chi connectivity index (χ3v) is 4.47. The van der Waals surface area contributed by atoms with Gasteiger partial charge in [0, 0.05) is 12.4 Å². The molecule has 0 spiro atoms. The summed E-state index contributed by atoms with van der Waals surface area (Å²) in [6.45, 7) is 0. The fourth-order valence-electron chi connectivity index (χ4n) is 2.25. The van der Waals surface area contributed by atoms with E-state index in [1.165, 1.54) is 11.3 Å². The molecule has 0 saturated carbocycles. The van der Waals surface area contributed by atoms with E-state index in [0.29, 0.717) is 10.6 Å². The van der Waals surface area contributed by atoms with Crippen LogP contribution in [-0.4, -0.2) is 18.1 Å². The molecule has 3 rings (SSSR count). The average Bonchev–Trinajstić information content (AvgIpc) is 2.98. The van der Waals surface area contributed by atoms with Crippen molar-refractivity contribution in [1.29, 1.82) is 0 Å². The SMILES string of the molecule is COc1ccc(/C=C(/CC(=O)[O-])c2nc3ccccc3s2)cc1. The lowest BCUT2D eigenvalue weighted by molar-refractivity contribution is -0.304. The number of aromatic nitrogens is 1. The zero-order valence-corrected chi connectivity index (χ0v) is 13.3. The number of carbonyl (C=O) groups excluding carboxylic acids is 1. The van der Waals surface area contributed by atoms with Crippen molar-refractivity contribution in [1.82, 2.24) is 4.98 Å². The Kier molecular flexibility index (Phi) is 4.39. The van der Waals surface area contributed by atoms with Crippen molar-refractivity contribution in [3.8, 4) is 5.75 Å². The normalized spacial score (nSPS) is 11.6. The number of methoxy groups -OCH3 is 1. The minimum Gasteiger partial charge on any atom is -0.550 e. The van der Waals surface area contributed by atoms with Gasteiger partial charge in [0.15, 0.2) is 0 Å². The van der Waals surface area contributed by atoms with Gasteiger partial charge >= 0.3 is 0 Å². The van der Waals surface area contributed by atoms with Crippen molar-refractivity contribution in [3.05, 3.63) is 59.1 Å². The van der Waals surface area contributed by atoms with Gasteiger partial charge in [-0.2, -0.15) is 0 Å². The quantitative estimate of drug-likeness (QED) is 0.724. The maximum absolute atomic E-state index is 11.1. The van der Waals surface area contributed by atoms with Crippen molar-refractivity contribution in [3.63, 3.8) is 0 Å². The van der Waals surface area contributed by atoms with Crippen LogP contribution in [0.1, 0.15) is 17.0 Å². The maximum atomic E-state index is 11.1. The molecule has 2 aromatic carbocycles. The maximum Gasteiger partial charge on any atom is 0.120 e. The summed E-state index contributed by atoms with van der Waals surface area (Å²) in [6.07, 6.45) is 1.65. The van der Waals surface area contributed by atoms with Gasteiger partial charge in [-0.15, -0.1) is 11.3 Å². The predicted octanol–water partition coefficient (Wildman–Crippen LogP) is 2.99. The number of carbonyl (C=O) groups is 1. The number of hydrogen-bond donors (Lipinski definition) is 0. The molecular weight excluding hydrogens is 310 g/mol. The summed E-state index contributed by atoms with van der Waals surface area (Å²) in [5.41, 5.74) is 2.39. The Morgan fingerprint density at radius 2 is 1.96 bits per heavy atom. The molecule has 4 nitrogen and oxygen atoms in total. The lowest BCUT2D eigenvalue weighted by atomic mass is 10.1. The van der Waals surface area contributed by atoms with E-state index in [9.17, 15) is 9.90 Å². The number of para-hydroxylation sites is 1. The summed E-state index contributed by atoms with van der Waals surface area (Å²) in [5, 5.41) is 11.8. The van der Waals surface area contributed by atoms with Gasteiger partial charge < -0.3 is 14.6 Å². The summed E-state index contributed by atoms with van der Waals surface area (Å²) in [6, 6.07) is 15.2. The highest BCUT2D eigenvalue weighted by atomic mass is 32.1. The lowest BCUT2D eigenvalue weighted by Gasteiger charge is -2.06. The van der Waals surface area contributed by atoms with Crippen LogP contribution in [0.4, 0.5) is 0 Å². The summed E-state index contributed by atoms with van der Waals surface area (Å²) < 4.78 is 6.16. The Labute approximate surface area is 137 Å². The molecule has 0 radical (unpaired) electrons. The van der Waals surface area contributed by atoms with Crippen LogP contribution in [0.15, 0.2) is 48.5 Å². The zero-order valence-electron chi connectivity index (χ0n) is 12.5. The smallest absolute Gasteiger partial charge is 0.120 e. The van der Waals surface area contributed by atoms with Gasteiger partial charge in [0.1, 0.15) is 10.8 Å². The van der Waals surface area contributed by atoms with E-state index >= 15 is 0 Å². The number of carboxylic acids is 1. The minimum atomic E-state index is -1.12. The first-order valence-corrected chi connectivity index (χ1v) is 7.88. The van der Waals surface area contributed by atoms with Gasteiger partial charge in [-0.25, -0.2) is 4.98 Å². The number of aliphatic carboxylic acids is 1. The molecule has 0 atom stereocenters. The fourth-order valence-corrected chi connectivity index (χ4v) is 3.23. The van der Waals surface area contributed by atoms with Crippen molar-refractivity contribution >= 4 is 39.2 Å². The second kappa shape index (κ2) is 6.62. The van der Waals surface area contributed by atoms with Crippen molar-refractivity contribution < 1.29 is 14.6 Å². The summed E-state index contributed by atoms with van der Waals surface area (Å²) in [7, 11) is 1.60. The molecule has 1 aromatic heterocycles. The highest BCUT2D eigenvalue weighted by Crippen LogP contribution is 2.30. The van der Waals surface area contributed by atoms with E-state index in [2.05, 4.69) is 4.98 Å². The standard InChI is InChI=1S/C18H15NO3S/c1-22-14-8-6-12(7-9-14)10-13(11-17(20)21)18-19-15-4-2-3-5-16(15)23-18/h2-10H,11H2,1H3,(H,20,21)/p-1/b13-10-. The topological polar surface area (TPSA) is 62.2 Å². The number of hydrogen-bond acceptors (Lipinski definition) is 5. The van der Waals surface area contributed by atoms with Crippen LogP contribution < -0.4 is 9.84 Å². The molecule has 0 fully saturated rings. The van der Waals surface area contributed by atoms with E-state index in [-0.39, 0.29) is 6.42 Å². The molecule has 116 valence electrons. The number of benzene rings is 2. The molecule has 3 aromatic rings. The van der Waals surface area contributed by atoms with E-state index in [4.69, 9.17) is 4.74 Å². The molecule has 0 amide bonds. The zero-order chi connectivity index (χ0) is 16.2. The third-order valence-electron chi connectivity index (χ3n) is 3.36. The number of ether oxygens (including phenoxy) is 1. The summed E-state index contributed by atoms with van der Waals surface area (Å²) in [4.78, 5) is 15.6. The number of thiazole rings is 1. The minimum absolute atomic E-state index is 0.175. The molecule has 0 saturated heterocycles. The summed E-state index contributed by atoms with van der Waals surface area (Å²) in [5.74, 6) is -0.368. The molecule has 0 N–H and O–H groups in total. The van der Waals surface area contributed by atoms with Crippen molar-refractivity contribution in [2.24, 2.45) is 0 Å². The number of carboxylic acid groups (broad SMARTS) is 1. The Morgan fingerprint density at radius 1 is 1.22 bits per heavy atom. The number of fused-ring (bicyclic) bond motifs is 1. The highest BCUT2D eigenvalue weighted by molar-refractivity contribution is 7.19. The number of nitrogens with zero attached hydrogens (tertiary/aromatic N) is 1. The first kappa shape index (κ1) is 15.2. The van der Waals surface area contributed by atoms with Crippen molar-refractivity contribution in [2.45, 2.75) is 6.42 Å². The van der Waals surface area contributed by atoms with Crippen LogP contribution in [0.5, 0.6) is 5.75 Å². The van der Waals surface area contributed by atoms with Crippen LogP contribution in [0.3, 0.4) is 0 Å². The Hall–Kier alpha value is -2.66. The first-order valence-electron chi connectivity index (χ1n) is 7.06. The first-order chi connectivity index (χ1) is 11.2. The van der Waals surface area contributed by atoms with Crippen LogP contribution in [0.2, 0.25) is 0 Å². The van der Waals surface area contributed by atoms with E-state index < -0.39 is 5.97 Å². The van der Waals surface area contributed by atoms with Gasteiger partial charge in [0.05, 0.1) is 17.3 Å². The van der Waals surface area contributed by atoms with E-state index in [0.717, 1.165) is 21.5 Å². The Morgan fingerprint density at radius 3 is 2.61 bits per heavy atom. The third kappa shape index (κ3) is 3.57. The molecule has 0 bridgehead atoms. The number of rotatable bonds is 5. The Balaban J connectivity index is 2.01. The highest BCUT2D eigenvalue weighted by Gasteiger charge is 2.09. The molecular formula is C18H14NO3S-. The summed E-state index contributed by atoms with van der Waals surface area (Å²) >= 11 is 1.48. The largest absolute Gasteiger partial charge is 0.550 e. The fraction of sp³-hybridized carbons (Fsp3) is 0.111. The molecule has 23 heavy (non-hydrogen) atoms. The van der Waals surface area contributed by atoms with Crippen LogP contribution in [0.25, 0.3) is 21.9 Å². The van der Waals surface area contributed by atoms with Crippen LogP contribution in [-0.2, 0) is 4.79 Å². The second-order valence-electron chi connectivity index (χ2n) is 4.98. The van der Waals surface area contributed by atoms with Gasteiger partial charge in [-0.1, -0.05) is 24.3 Å². The molecule has 5 heteroatoms. The molecule has 0 aliphatic rings. The van der Waals surface area contributed by atoms with E-state index in [1.54, 1.807) is 7.11 Å². The van der Waals surface area contributed by atoms with E-state index in [1.807, 2.05) is 54.6 Å². The predicted molar refractivity (Wildman–Crippen MR) is 90.1 cm³/mol. The van der Waals surface area contributed by atoms with Crippen LogP contribution >= 0.6 is 11.3 Å². The second-order valence-corrected chi connectivity index (χ2v) is 6.01. The Bertz CT molecular complexity index is 832. The molecule has 0 unspecified atom stereocenters. The van der Waals surface area contributed by atoms with Crippen molar-refractivity contribution in [2.75, 3.05) is 7.11 Å². The lowest BCUT2D eigenvalue weighted by Crippen LogP contribution is -2.22. The monoisotopic (exact) mass is 324 g/mol. The molecule has 0 aliphatic carbocycles. The molecule has 1 heterocycles. The van der Waals surface area contributed by atoms with Crippen LogP contribution in [0, 0.1) is 0 Å². The average molecular weight is 324 g/mol. The molecule has 0 aliphatic heterocycles. The van der Waals surface area contributed by atoms with Gasteiger partial charge in [-0.05, 0) is 41.5 Å². The van der Waals surface area contributed by atoms with Gasteiger partial charge in [-0.3, -0.25) is 0 Å².